The maximum absolute atomic E-state index is 13.2. The molecule has 40 heavy (non-hydrogen) atoms. The fourth-order valence-corrected chi connectivity index (χ4v) is 3.68. The van der Waals surface area contributed by atoms with Crippen molar-refractivity contribution < 1.29 is 19.1 Å². The quantitative estimate of drug-likeness (QED) is 0.370. The fourth-order valence-electron chi connectivity index (χ4n) is 3.68. The summed E-state index contributed by atoms with van der Waals surface area (Å²) in [7, 11) is 6.25. The molecule has 12 nitrogen and oxygen atoms in total. The Morgan fingerprint density at radius 1 is 1.15 bits per heavy atom. The number of ether oxygens (including phenoxy) is 1. The number of pyridine rings is 2. The Bertz CT molecular complexity index is 1500. The summed E-state index contributed by atoms with van der Waals surface area (Å²) in [5, 5.41) is 2.59. The van der Waals surface area contributed by atoms with Crippen molar-refractivity contribution in [2.45, 2.75) is 39.3 Å². The highest BCUT2D eigenvalue weighted by atomic mass is 16.6. The molecule has 212 valence electrons. The third-order valence-electron chi connectivity index (χ3n) is 5.71. The van der Waals surface area contributed by atoms with E-state index in [9.17, 15) is 19.2 Å². The van der Waals surface area contributed by atoms with Crippen LogP contribution in [0.25, 0.3) is 17.1 Å². The van der Waals surface area contributed by atoms with Crippen molar-refractivity contribution in [3.63, 3.8) is 0 Å². The van der Waals surface area contributed by atoms with Gasteiger partial charge in [0.15, 0.2) is 6.10 Å². The van der Waals surface area contributed by atoms with Gasteiger partial charge < -0.3 is 29.4 Å². The van der Waals surface area contributed by atoms with Gasteiger partial charge in [-0.3, -0.25) is 19.4 Å². The number of hydrogen-bond donors (Lipinski definition) is 2. The van der Waals surface area contributed by atoms with E-state index in [1.54, 1.807) is 44.8 Å². The maximum atomic E-state index is 13.2. The van der Waals surface area contributed by atoms with E-state index >= 15 is 0 Å². The number of fused-ring (bicyclic) bond motifs is 1. The molecular formula is C28H35N7O5. The van der Waals surface area contributed by atoms with Crippen LogP contribution in [0.2, 0.25) is 0 Å². The highest BCUT2D eigenvalue weighted by Gasteiger charge is 2.24. The Labute approximate surface area is 232 Å². The molecule has 3 amide bonds. The number of amides is 3. The number of nitrogens with zero attached hydrogens (tertiary/aromatic N) is 5. The van der Waals surface area contributed by atoms with Gasteiger partial charge in [0.05, 0.1) is 23.8 Å². The summed E-state index contributed by atoms with van der Waals surface area (Å²) in [6.07, 6.45) is 8.50. The number of nitrogens with one attached hydrogen (secondary N) is 2. The third kappa shape index (κ3) is 7.88. The molecule has 0 saturated heterocycles. The van der Waals surface area contributed by atoms with E-state index < -0.39 is 23.7 Å². The van der Waals surface area contributed by atoms with Crippen molar-refractivity contribution in [2.75, 3.05) is 33.5 Å². The number of likely N-dealkylation sites (N-methyl/N-ethyl adjacent to an activating group) is 1. The summed E-state index contributed by atoms with van der Waals surface area (Å²) in [4.78, 5) is 64.9. The van der Waals surface area contributed by atoms with E-state index in [1.165, 1.54) is 40.6 Å². The molecule has 3 rings (SSSR count). The van der Waals surface area contributed by atoms with Gasteiger partial charge in [0.1, 0.15) is 11.5 Å². The van der Waals surface area contributed by atoms with E-state index in [-0.39, 0.29) is 24.6 Å². The van der Waals surface area contributed by atoms with Crippen LogP contribution in [0.5, 0.6) is 0 Å². The number of imidazole rings is 1. The fraction of sp³-hybridized carbons (Fsp3) is 0.357. The second-order valence-electron chi connectivity index (χ2n) is 9.85. The van der Waals surface area contributed by atoms with Crippen LogP contribution in [0.15, 0.2) is 53.2 Å². The van der Waals surface area contributed by atoms with Crippen molar-refractivity contribution in [1.29, 1.82) is 0 Å². The van der Waals surface area contributed by atoms with Crippen LogP contribution in [0.4, 0.5) is 10.5 Å². The number of carbonyl (C=O) groups is 3. The number of allylic oxidation sites excluding steroid dienone is 2. The maximum Gasteiger partial charge on any atom is 0.410 e. The Hall–Kier alpha value is -4.74. The van der Waals surface area contributed by atoms with Gasteiger partial charge in [-0.1, -0.05) is 17.7 Å². The SMILES string of the molecule is CC(C)=Cc1cncc2[nH]c(Cn3cccc(NC(=O)C(CC/C=C/C(=O)N(C)C)OC(=O)N(C)C)c3=O)nc12. The largest absolute Gasteiger partial charge is 0.436 e. The molecule has 0 fully saturated rings. The van der Waals surface area contributed by atoms with Crippen molar-refractivity contribution in [1.82, 2.24) is 29.3 Å². The number of carbonyl (C=O) groups excluding carboxylic acids is 3. The summed E-state index contributed by atoms with van der Waals surface area (Å²) in [5.74, 6) is -0.308. The van der Waals surface area contributed by atoms with Crippen molar-refractivity contribution in [3.8, 4) is 0 Å². The molecule has 0 aliphatic heterocycles. The molecule has 3 aromatic heterocycles. The van der Waals surface area contributed by atoms with Crippen LogP contribution in [-0.4, -0.2) is 81.5 Å². The van der Waals surface area contributed by atoms with Gasteiger partial charge in [-0.05, 0) is 44.9 Å². The molecule has 3 heterocycles. The third-order valence-corrected chi connectivity index (χ3v) is 5.71. The van der Waals surface area contributed by atoms with Gasteiger partial charge in [0.2, 0.25) is 5.91 Å². The first-order valence-electron chi connectivity index (χ1n) is 12.7. The minimum Gasteiger partial charge on any atom is -0.436 e. The summed E-state index contributed by atoms with van der Waals surface area (Å²) in [6, 6.07) is 3.11. The molecule has 2 N–H and O–H groups in total. The number of anilines is 1. The molecule has 3 aromatic rings. The molecule has 0 bridgehead atoms. The molecule has 0 spiro atoms. The zero-order valence-electron chi connectivity index (χ0n) is 23.6. The monoisotopic (exact) mass is 549 g/mol. The molecule has 0 aliphatic rings. The second-order valence-corrected chi connectivity index (χ2v) is 9.85. The topological polar surface area (TPSA) is 143 Å². The van der Waals surface area contributed by atoms with E-state index in [0.717, 1.165) is 22.2 Å². The summed E-state index contributed by atoms with van der Waals surface area (Å²) in [6.45, 7) is 4.11. The first-order valence-corrected chi connectivity index (χ1v) is 12.7. The first kappa shape index (κ1) is 29.8. The number of aromatic nitrogens is 4. The van der Waals surface area contributed by atoms with E-state index in [4.69, 9.17) is 4.74 Å². The second kappa shape index (κ2) is 13.4. The van der Waals surface area contributed by atoms with E-state index in [0.29, 0.717) is 12.2 Å². The number of H-pyrrole nitrogens is 1. The summed E-state index contributed by atoms with van der Waals surface area (Å²) in [5.41, 5.74) is 3.04. The molecule has 1 unspecified atom stereocenters. The lowest BCUT2D eigenvalue weighted by molar-refractivity contribution is -0.125. The predicted molar refractivity (Wildman–Crippen MR) is 153 cm³/mol. The van der Waals surface area contributed by atoms with Crippen molar-refractivity contribution in [2.24, 2.45) is 0 Å². The van der Waals surface area contributed by atoms with Crippen molar-refractivity contribution >= 4 is 40.7 Å². The average Bonchev–Trinajstić information content (AvgIpc) is 3.31. The zero-order chi connectivity index (χ0) is 29.4. The molecular weight excluding hydrogens is 514 g/mol. The minimum atomic E-state index is -1.18. The molecule has 12 heteroatoms. The zero-order valence-corrected chi connectivity index (χ0v) is 23.6. The lowest BCUT2D eigenvalue weighted by Crippen LogP contribution is -2.37. The Morgan fingerprint density at radius 2 is 1.90 bits per heavy atom. The number of hydrogen-bond acceptors (Lipinski definition) is 7. The van der Waals surface area contributed by atoms with Gasteiger partial charge in [0, 0.05) is 46.1 Å². The smallest absolute Gasteiger partial charge is 0.410 e. The van der Waals surface area contributed by atoms with Crippen LogP contribution >= 0.6 is 0 Å². The van der Waals surface area contributed by atoms with Gasteiger partial charge in [0.25, 0.3) is 11.5 Å². The predicted octanol–water partition coefficient (Wildman–Crippen LogP) is 3.02. The van der Waals surface area contributed by atoms with Gasteiger partial charge in [-0.2, -0.15) is 0 Å². The number of aromatic amines is 1. The lowest BCUT2D eigenvalue weighted by Gasteiger charge is -2.19. The molecule has 1 atom stereocenters. The molecule has 0 aliphatic carbocycles. The summed E-state index contributed by atoms with van der Waals surface area (Å²) >= 11 is 0. The lowest BCUT2D eigenvalue weighted by atomic mass is 10.1. The van der Waals surface area contributed by atoms with Gasteiger partial charge >= 0.3 is 6.09 Å². The molecule has 0 aromatic carbocycles. The summed E-state index contributed by atoms with van der Waals surface area (Å²) < 4.78 is 6.76. The highest BCUT2D eigenvalue weighted by Crippen LogP contribution is 2.18. The van der Waals surface area contributed by atoms with Crippen LogP contribution < -0.4 is 10.9 Å². The van der Waals surface area contributed by atoms with Crippen molar-refractivity contribution in [3.05, 3.63) is 70.2 Å². The highest BCUT2D eigenvalue weighted by molar-refractivity contribution is 5.95. The molecule has 0 saturated carbocycles. The van der Waals surface area contributed by atoms with Gasteiger partial charge in [-0.15, -0.1) is 0 Å². The van der Waals surface area contributed by atoms with E-state index in [1.807, 2.05) is 19.9 Å². The van der Waals surface area contributed by atoms with Crippen LogP contribution in [0.3, 0.4) is 0 Å². The van der Waals surface area contributed by atoms with Crippen LogP contribution in [0.1, 0.15) is 38.1 Å². The molecule has 0 radical (unpaired) electrons. The standard InChI is InChI=1S/C28H35N7O5/c1-18(2)14-19-15-29-16-21-25(19)32-23(30-21)17-35-13-9-10-20(27(35)38)31-26(37)22(40-28(39)34(5)6)11-7-8-12-24(36)33(3)4/h8-10,12-16,22H,7,11,17H2,1-6H3,(H,30,32)(H,31,37)/b12-8+. The first-order chi connectivity index (χ1) is 19.0. The van der Waals surface area contributed by atoms with E-state index in [2.05, 4.69) is 20.3 Å². The Kier molecular flexibility index (Phi) is 9.96. The average molecular weight is 550 g/mol. The normalized spacial score (nSPS) is 11.8. The Balaban J connectivity index is 1.78. The van der Waals surface area contributed by atoms with Crippen LogP contribution in [-0.2, 0) is 20.9 Å². The van der Waals surface area contributed by atoms with Crippen LogP contribution in [0, 0.1) is 0 Å². The Morgan fingerprint density at radius 3 is 2.58 bits per heavy atom. The number of rotatable bonds is 10. The minimum absolute atomic E-state index is 0.0275. The van der Waals surface area contributed by atoms with Gasteiger partial charge in [-0.25, -0.2) is 9.78 Å².